The first-order valence-electron chi connectivity index (χ1n) is 10.6. The fourth-order valence-electron chi connectivity index (χ4n) is 5.19. The number of nitrogens with one attached hydrogen (secondary N) is 2. The van der Waals surface area contributed by atoms with Crippen LogP contribution >= 0.6 is 0 Å². The molecule has 2 saturated heterocycles. The lowest BCUT2D eigenvalue weighted by Gasteiger charge is -2.40. The van der Waals surface area contributed by atoms with E-state index in [0.717, 1.165) is 58.1 Å². The van der Waals surface area contributed by atoms with E-state index in [1.54, 1.807) is 7.11 Å². The molecule has 4 rings (SSSR count). The standard InChI is InChI=1S/C22H34N2O3/c1-25-18-7-5-17(6-8-18)22(9-12-26-13-10-22)16-24-20-4-2-3-19(20)21-15-27-14-11-23-21/h5-8,19-21,23-24H,2-4,9-16H2,1H3. The van der Waals surface area contributed by atoms with Gasteiger partial charge in [-0.3, -0.25) is 0 Å². The van der Waals surface area contributed by atoms with Crippen molar-refractivity contribution in [3.63, 3.8) is 0 Å². The molecular formula is C22H34N2O3. The Morgan fingerprint density at radius 3 is 2.63 bits per heavy atom. The summed E-state index contributed by atoms with van der Waals surface area (Å²) >= 11 is 0. The molecule has 3 unspecified atom stereocenters. The summed E-state index contributed by atoms with van der Waals surface area (Å²) in [6, 6.07) is 9.76. The van der Waals surface area contributed by atoms with E-state index < -0.39 is 0 Å². The molecular weight excluding hydrogens is 340 g/mol. The third-order valence-corrected chi connectivity index (χ3v) is 6.89. The minimum absolute atomic E-state index is 0.161. The summed E-state index contributed by atoms with van der Waals surface area (Å²) in [7, 11) is 1.73. The Bertz CT molecular complexity index is 580. The van der Waals surface area contributed by atoms with Crippen LogP contribution in [0.4, 0.5) is 0 Å². The zero-order valence-corrected chi connectivity index (χ0v) is 16.5. The number of rotatable bonds is 6. The molecule has 150 valence electrons. The summed E-state index contributed by atoms with van der Waals surface area (Å²) in [5, 5.41) is 7.67. The number of benzene rings is 1. The minimum Gasteiger partial charge on any atom is -0.497 e. The molecule has 1 aliphatic carbocycles. The Balaban J connectivity index is 1.45. The number of methoxy groups -OCH3 is 1. The summed E-state index contributed by atoms with van der Waals surface area (Å²) in [6.45, 7) is 5.42. The van der Waals surface area contributed by atoms with Gasteiger partial charge in [-0.25, -0.2) is 0 Å². The molecule has 0 bridgehead atoms. The Morgan fingerprint density at radius 1 is 1.11 bits per heavy atom. The van der Waals surface area contributed by atoms with Crippen molar-refractivity contribution in [2.75, 3.05) is 46.6 Å². The van der Waals surface area contributed by atoms with Crippen LogP contribution in [0.5, 0.6) is 5.75 Å². The fraction of sp³-hybridized carbons (Fsp3) is 0.727. The van der Waals surface area contributed by atoms with Crippen LogP contribution in [-0.2, 0) is 14.9 Å². The van der Waals surface area contributed by atoms with Crippen molar-refractivity contribution in [1.82, 2.24) is 10.6 Å². The van der Waals surface area contributed by atoms with E-state index in [-0.39, 0.29) is 5.41 Å². The van der Waals surface area contributed by atoms with Gasteiger partial charge in [0.05, 0.1) is 20.3 Å². The molecule has 2 heterocycles. The van der Waals surface area contributed by atoms with E-state index >= 15 is 0 Å². The van der Waals surface area contributed by atoms with E-state index in [2.05, 4.69) is 34.9 Å². The maximum atomic E-state index is 5.73. The molecule has 3 fully saturated rings. The lowest BCUT2D eigenvalue weighted by Crippen LogP contribution is -2.53. The van der Waals surface area contributed by atoms with Gasteiger partial charge in [0.25, 0.3) is 0 Å². The predicted octanol–water partition coefficient (Wildman–Crippen LogP) is 2.49. The first kappa shape index (κ1) is 19.2. The van der Waals surface area contributed by atoms with Crippen molar-refractivity contribution in [2.24, 2.45) is 5.92 Å². The van der Waals surface area contributed by atoms with E-state index in [4.69, 9.17) is 14.2 Å². The van der Waals surface area contributed by atoms with Gasteiger partial charge in [0.15, 0.2) is 0 Å². The molecule has 0 spiro atoms. The second kappa shape index (κ2) is 8.91. The van der Waals surface area contributed by atoms with Crippen molar-refractivity contribution in [2.45, 2.75) is 49.6 Å². The van der Waals surface area contributed by atoms with Crippen molar-refractivity contribution in [3.05, 3.63) is 29.8 Å². The number of hydrogen-bond donors (Lipinski definition) is 2. The third-order valence-electron chi connectivity index (χ3n) is 6.89. The van der Waals surface area contributed by atoms with Crippen LogP contribution in [0.2, 0.25) is 0 Å². The topological polar surface area (TPSA) is 51.8 Å². The molecule has 3 atom stereocenters. The molecule has 0 radical (unpaired) electrons. The highest BCUT2D eigenvalue weighted by Gasteiger charge is 2.38. The van der Waals surface area contributed by atoms with Crippen LogP contribution in [-0.4, -0.2) is 58.7 Å². The van der Waals surface area contributed by atoms with Crippen molar-refractivity contribution in [1.29, 1.82) is 0 Å². The lowest BCUT2D eigenvalue weighted by atomic mass is 9.73. The van der Waals surface area contributed by atoms with Gasteiger partial charge in [0.1, 0.15) is 5.75 Å². The lowest BCUT2D eigenvalue weighted by molar-refractivity contribution is 0.0419. The molecule has 0 amide bonds. The molecule has 0 aromatic heterocycles. The highest BCUT2D eigenvalue weighted by molar-refractivity contribution is 5.33. The van der Waals surface area contributed by atoms with Gasteiger partial charge >= 0.3 is 0 Å². The molecule has 1 saturated carbocycles. The van der Waals surface area contributed by atoms with Gasteiger partial charge < -0.3 is 24.8 Å². The molecule has 27 heavy (non-hydrogen) atoms. The van der Waals surface area contributed by atoms with Crippen molar-refractivity contribution < 1.29 is 14.2 Å². The molecule has 5 nitrogen and oxygen atoms in total. The predicted molar refractivity (Wildman–Crippen MR) is 106 cm³/mol. The number of hydrogen-bond acceptors (Lipinski definition) is 5. The maximum Gasteiger partial charge on any atom is 0.118 e. The highest BCUT2D eigenvalue weighted by Crippen LogP contribution is 2.37. The molecule has 5 heteroatoms. The van der Waals surface area contributed by atoms with Crippen LogP contribution in [0.15, 0.2) is 24.3 Å². The Kier molecular flexibility index (Phi) is 6.33. The second-order valence-corrected chi connectivity index (χ2v) is 8.34. The van der Waals surface area contributed by atoms with Crippen LogP contribution < -0.4 is 15.4 Å². The van der Waals surface area contributed by atoms with Crippen molar-refractivity contribution in [3.8, 4) is 5.75 Å². The van der Waals surface area contributed by atoms with Crippen LogP contribution in [0.3, 0.4) is 0 Å². The molecule has 2 N–H and O–H groups in total. The second-order valence-electron chi connectivity index (χ2n) is 8.34. The van der Waals surface area contributed by atoms with Crippen LogP contribution in [0.1, 0.15) is 37.7 Å². The fourth-order valence-corrected chi connectivity index (χ4v) is 5.19. The molecule has 1 aromatic rings. The summed E-state index contributed by atoms with van der Waals surface area (Å²) in [4.78, 5) is 0. The zero-order chi connectivity index (χ0) is 18.5. The van der Waals surface area contributed by atoms with Gasteiger partial charge in [-0.1, -0.05) is 18.6 Å². The van der Waals surface area contributed by atoms with E-state index in [1.165, 1.54) is 24.8 Å². The van der Waals surface area contributed by atoms with Crippen LogP contribution in [0.25, 0.3) is 0 Å². The third kappa shape index (κ3) is 4.32. The highest BCUT2D eigenvalue weighted by atomic mass is 16.5. The Hall–Kier alpha value is -1.14. The quantitative estimate of drug-likeness (QED) is 0.801. The summed E-state index contributed by atoms with van der Waals surface area (Å²) in [5.74, 6) is 1.60. The zero-order valence-electron chi connectivity index (χ0n) is 16.5. The summed E-state index contributed by atoms with van der Waals surface area (Å²) in [6.07, 6.45) is 6.05. The van der Waals surface area contributed by atoms with Gasteiger partial charge in [0, 0.05) is 43.8 Å². The monoisotopic (exact) mass is 374 g/mol. The molecule has 3 aliphatic rings. The number of ether oxygens (including phenoxy) is 3. The molecule has 2 aliphatic heterocycles. The SMILES string of the molecule is COc1ccc(C2(CNC3CCCC3C3COCCN3)CCOCC2)cc1. The normalized spacial score (nSPS) is 30.9. The maximum absolute atomic E-state index is 5.73. The van der Waals surface area contributed by atoms with Gasteiger partial charge in [-0.05, 0) is 49.3 Å². The Morgan fingerprint density at radius 2 is 1.93 bits per heavy atom. The van der Waals surface area contributed by atoms with Gasteiger partial charge in [0.2, 0.25) is 0 Å². The number of morpholine rings is 1. The van der Waals surface area contributed by atoms with Crippen LogP contribution in [0, 0.1) is 5.92 Å². The largest absolute Gasteiger partial charge is 0.497 e. The first-order valence-corrected chi connectivity index (χ1v) is 10.6. The average Bonchev–Trinajstić information content (AvgIpc) is 3.22. The minimum atomic E-state index is 0.161. The van der Waals surface area contributed by atoms with Gasteiger partial charge in [-0.15, -0.1) is 0 Å². The average molecular weight is 375 g/mol. The van der Waals surface area contributed by atoms with E-state index in [1.807, 2.05) is 0 Å². The molecule has 1 aromatic carbocycles. The van der Waals surface area contributed by atoms with E-state index in [0.29, 0.717) is 18.0 Å². The first-order chi connectivity index (χ1) is 13.3. The Labute approximate surface area is 163 Å². The summed E-state index contributed by atoms with van der Waals surface area (Å²) in [5.41, 5.74) is 1.57. The van der Waals surface area contributed by atoms with E-state index in [9.17, 15) is 0 Å². The smallest absolute Gasteiger partial charge is 0.118 e. The van der Waals surface area contributed by atoms with Gasteiger partial charge in [-0.2, -0.15) is 0 Å². The van der Waals surface area contributed by atoms with Crippen molar-refractivity contribution >= 4 is 0 Å². The summed E-state index contributed by atoms with van der Waals surface area (Å²) < 4.78 is 16.8.